The van der Waals surface area contributed by atoms with Crippen molar-refractivity contribution in [1.82, 2.24) is 10.6 Å². The van der Waals surface area contributed by atoms with Crippen LogP contribution in [0, 0.1) is 11.2 Å². The second-order valence-electron chi connectivity index (χ2n) is 6.91. The van der Waals surface area contributed by atoms with E-state index >= 15 is 0 Å². The third-order valence-corrected chi connectivity index (χ3v) is 4.69. The number of aliphatic imine (C=N–C) groups is 1. The van der Waals surface area contributed by atoms with E-state index in [2.05, 4.69) is 10.6 Å². The number of hydrogen-bond acceptors (Lipinski definition) is 4. The third kappa shape index (κ3) is 8.91. The molecule has 1 heterocycles. The quantitative estimate of drug-likeness (QED) is 0.185. The summed E-state index contributed by atoms with van der Waals surface area (Å²) in [6.45, 7) is 6.44. The molecule has 0 saturated carbocycles. The fraction of sp³-hybridized carbons (Fsp3) is 0.650. The maximum Gasteiger partial charge on any atom is 0.191 e. The minimum absolute atomic E-state index is 0. The molecule has 1 aromatic rings. The minimum atomic E-state index is -0.258. The Bertz CT molecular complexity index is 566. The van der Waals surface area contributed by atoms with E-state index in [1.807, 2.05) is 6.92 Å². The number of unbranched alkanes of at least 4 members (excludes halogenated alkanes) is 1. The van der Waals surface area contributed by atoms with Gasteiger partial charge in [-0.25, -0.2) is 4.39 Å². The molecule has 2 rings (SSSR count). The van der Waals surface area contributed by atoms with Gasteiger partial charge in [-0.2, -0.15) is 0 Å². The van der Waals surface area contributed by atoms with Crippen molar-refractivity contribution in [3.63, 3.8) is 0 Å². The van der Waals surface area contributed by atoms with Crippen LogP contribution in [0.15, 0.2) is 29.3 Å². The summed E-state index contributed by atoms with van der Waals surface area (Å²) in [5.41, 5.74) is -0.0416. The summed E-state index contributed by atoms with van der Waals surface area (Å²) in [6, 6.07) is 6.07. The van der Waals surface area contributed by atoms with E-state index in [0.717, 1.165) is 51.3 Å². The maximum atomic E-state index is 12.8. The maximum absolute atomic E-state index is 12.8. The zero-order valence-electron chi connectivity index (χ0n) is 16.6. The molecule has 1 atom stereocenters. The van der Waals surface area contributed by atoms with Gasteiger partial charge in [0, 0.05) is 31.7 Å². The number of ether oxygens (including phenoxy) is 2. The lowest BCUT2D eigenvalue weighted by Gasteiger charge is -2.24. The molecule has 0 spiro atoms. The number of hydrogen-bond donors (Lipinski definition) is 3. The first-order chi connectivity index (χ1) is 13.2. The lowest BCUT2D eigenvalue weighted by Crippen LogP contribution is -2.39. The van der Waals surface area contributed by atoms with Gasteiger partial charge in [-0.05, 0) is 56.9 Å². The molecule has 1 saturated heterocycles. The lowest BCUT2D eigenvalue weighted by atomic mass is 9.84. The van der Waals surface area contributed by atoms with Crippen molar-refractivity contribution in [3.05, 3.63) is 30.1 Å². The number of nitrogens with zero attached hydrogens (tertiary/aromatic N) is 1. The monoisotopic (exact) mass is 509 g/mol. The van der Waals surface area contributed by atoms with Crippen molar-refractivity contribution in [2.45, 2.75) is 32.6 Å². The van der Waals surface area contributed by atoms with Crippen molar-refractivity contribution >= 4 is 29.9 Å². The van der Waals surface area contributed by atoms with Gasteiger partial charge in [-0.1, -0.05) is 0 Å². The highest BCUT2D eigenvalue weighted by atomic mass is 127. The van der Waals surface area contributed by atoms with E-state index in [-0.39, 0.29) is 41.8 Å². The zero-order chi connectivity index (χ0) is 19.4. The molecule has 0 bridgehead atoms. The molecule has 28 heavy (non-hydrogen) atoms. The van der Waals surface area contributed by atoms with E-state index in [9.17, 15) is 9.50 Å². The topological polar surface area (TPSA) is 75.1 Å². The van der Waals surface area contributed by atoms with Gasteiger partial charge in [0.1, 0.15) is 11.6 Å². The highest BCUT2D eigenvalue weighted by Crippen LogP contribution is 2.32. The van der Waals surface area contributed by atoms with Crippen LogP contribution in [0.2, 0.25) is 0 Å². The summed E-state index contributed by atoms with van der Waals surface area (Å²) in [6.07, 6.45) is 3.50. The molecule has 0 aliphatic carbocycles. The van der Waals surface area contributed by atoms with E-state index in [1.54, 1.807) is 12.1 Å². The Morgan fingerprint density at radius 3 is 2.71 bits per heavy atom. The molecule has 1 aliphatic rings. The van der Waals surface area contributed by atoms with Gasteiger partial charge in [0.2, 0.25) is 0 Å². The molecule has 1 aliphatic heterocycles. The number of guanidine groups is 1. The summed E-state index contributed by atoms with van der Waals surface area (Å²) in [5, 5.41) is 15.9. The Kier molecular flexibility index (Phi) is 12.4. The average Bonchev–Trinajstić information content (AvgIpc) is 3.13. The second-order valence-corrected chi connectivity index (χ2v) is 6.91. The van der Waals surface area contributed by atoms with Crippen LogP contribution in [0.25, 0.3) is 0 Å². The molecular weight excluding hydrogens is 476 g/mol. The van der Waals surface area contributed by atoms with Gasteiger partial charge in [0.15, 0.2) is 5.96 Å². The highest BCUT2D eigenvalue weighted by molar-refractivity contribution is 14.0. The van der Waals surface area contributed by atoms with Crippen LogP contribution in [0.3, 0.4) is 0 Å². The second kappa shape index (κ2) is 13.9. The molecular formula is C20H33FIN3O3. The normalized spacial score (nSPS) is 19.2. The summed E-state index contributed by atoms with van der Waals surface area (Å²) < 4.78 is 24.0. The van der Waals surface area contributed by atoms with Gasteiger partial charge < -0.3 is 25.2 Å². The number of benzene rings is 1. The molecule has 0 radical (unpaired) electrons. The number of rotatable bonds is 11. The van der Waals surface area contributed by atoms with Crippen molar-refractivity contribution in [3.8, 4) is 5.75 Å². The molecule has 1 fully saturated rings. The summed E-state index contributed by atoms with van der Waals surface area (Å²) >= 11 is 0. The molecule has 1 unspecified atom stereocenters. The Morgan fingerprint density at radius 1 is 1.29 bits per heavy atom. The summed E-state index contributed by atoms with van der Waals surface area (Å²) in [7, 11) is 0. The third-order valence-electron chi connectivity index (χ3n) is 4.69. The van der Waals surface area contributed by atoms with Gasteiger partial charge in [0.25, 0.3) is 0 Å². The fourth-order valence-electron chi connectivity index (χ4n) is 3.03. The summed E-state index contributed by atoms with van der Waals surface area (Å²) in [5.74, 6) is 1.22. The van der Waals surface area contributed by atoms with Crippen molar-refractivity contribution in [1.29, 1.82) is 0 Å². The predicted molar refractivity (Wildman–Crippen MR) is 120 cm³/mol. The van der Waals surface area contributed by atoms with Crippen molar-refractivity contribution in [2.24, 2.45) is 10.4 Å². The molecule has 160 valence electrons. The first-order valence-corrected chi connectivity index (χ1v) is 9.76. The molecule has 6 nitrogen and oxygen atoms in total. The minimum Gasteiger partial charge on any atom is -0.494 e. The Labute approximate surface area is 184 Å². The predicted octanol–water partition coefficient (Wildman–Crippen LogP) is 2.95. The van der Waals surface area contributed by atoms with E-state index in [1.165, 1.54) is 12.1 Å². The van der Waals surface area contributed by atoms with Crippen LogP contribution < -0.4 is 15.4 Å². The smallest absolute Gasteiger partial charge is 0.191 e. The zero-order valence-corrected chi connectivity index (χ0v) is 18.9. The summed E-state index contributed by atoms with van der Waals surface area (Å²) in [4.78, 5) is 4.70. The molecule has 0 aromatic heterocycles. The number of aliphatic hydroxyl groups excluding tert-OH is 1. The van der Waals surface area contributed by atoms with Crippen LogP contribution in [0.4, 0.5) is 4.39 Å². The van der Waals surface area contributed by atoms with Crippen LogP contribution in [0.5, 0.6) is 5.75 Å². The Balaban J connectivity index is 0.00000392. The largest absolute Gasteiger partial charge is 0.494 e. The van der Waals surface area contributed by atoms with Crippen LogP contribution in [-0.2, 0) is 4.74 Å². The van der Waals surface area contributed by atoms with Gasteiger partial charge in [0.05, 0.1) is 19.8 Å². The lowest BCUT2D eigenvalue weighted by molar-refractivity contribution is 0.131. The van der Waals surface area contributed by atoms with Crippen molar-refractivity contribution < 1.29 is 19.0 Å². The van der Waals surface area contributed by atoms with Crippen LogP contribution in [0.1, 0.15) is 32.6 Å². The number of halogens is 2. The standard InChI is InChI=1S/C20H32FN3O3.HI/c1-2-22-19(24-15-20(9-12-25)10-14-26-16-20)23-11-3-4-13-27-18-7-5-17(21)6-8-18;/h5-8,25H,2-4,9-16H2,1H3,(H2,22,23,24);1H. The van der Waals surface area contributed by atoms with Crippen molar-refractivity contribution in [2.75, 3.05) is 46.1 Å². The number of nitrogens with one attached hydrogen (secondary N) is 2. The Morgan fingerprint density at radius 2 is 2.07 bits per heavy atom. The Hall–Kier alpha value is -1.13. The molecule has 0 amide bonds. The molecule has 1 aromatic carbocycles. The number of aliphatic hydroxyl groups is 1. The SMILES string of the molecule is CCNC(=NCC1(CCO)CCOC1)NCCCCOc1ccc(F)cc1.I. The van der Waals surface area contributed by atoms with E-state index in [0.29, 0.717) is 25.5 Å². The highest BCUT2D eigenvalue weighted by Gasteiger charge is 2.34. The first-order valence-electron chi connectivity index (χ1n) is 9.76. The molecule has 8 heteroatoms. The fourth-order valence-corrected chi connectivity index (χ4v) is 3.03. The van der Waals surface area contributed by atoms with Crippen LogP contribution >= 0.6 is 24.0 Å². The van der Waals surface area contributed by atoms with Gasteiger partial charge in [-0.15, -0.1) is 24.0 Å². The first kappa shape index (κ1) is 24.9. The van der Waals surface area contributed by atoms with Gasteiger partial charge >= 0.3 is 0 Å². The average molecular weight is 509 g/mol. The van der Waals surface area contributed by atoms with Gasteiger partial charge in [-0.3, -0.25) is 4.99 Å². The van der Waals surface area contributed by atoms with Crippen LogP contribution in [-0.4, -0.2) is 57.1 Å². The van der Waals surface area contributed by atoms with E-state index < -0.39 is 0 Å². The molecule has 3 N–H and O–H groups in total. The van der Waals surface area contributed by atoms with E-state index in [4.69, 9.17) is 14.5 Å².